The predicted molar refractivity (Wildman–Crippen MR) is 65.7 cm³/mol. The summed E-state index contributed by atoms with van der Waals surface area (Å²) in [5.74, 6) is 0.0515. The molecule has 0 atom stereocenters. The van der Waals surface area contributed by atoms with Gasteiger partial charge in [0.05, 0.1) is 6.21 Å². The van der Waals surface area contributed by atoms with Crippen LogP contribution in [0, 0.1) is 5.92 Å². The van der Waals surface area contributed by atoms with Crippen LogP contribution >= 0.6 is 0 Å². The van der Waals surface area contributed by atoms with Crippen molar-refractivity contribution in [1.82, 2.24) is 5.43 Å². The van der Waals surface area contributed by atoms with Crippen molar-refractivity contribution in [2.24, 2.45) is 11.0 Å². The molecule has 1 amide bonds. The summed E-state index contributed by atoms with van der Waals surface area (Å²) in [5, 5.41) is 13.3. The van der Waals surface area contributed by atoms with E-state index in [4.69, 9.17) is 0 Å². The number of nitrogens with one attached hydrogen (secondary N) is 1. The van der Waals surface area contributed by atoms with Crippen molar-refractivity contribution < 1.29 is 9.90 Å². The Morgan fingerprint density at radius 3 is 2.82 bits per heavy atom. The summed E-state index contributed by atoms with van der Waals surface area (Å²) in [7, 11) is 0. The Kier molecular flexibility index (Phi) is 3.23. The second-order valence-electron chi connectivity index (χ2n) is 4.15. The van der Waals surface area contributed by atoms with E-state index in [1.165, 1.54) is 6.21 Å². The summed E-state index contributed by atoms with van der Waals surface area (Å²) in [5.41, 5.74) is 4.14. The Balaban J connectivity index is 1.88. The van der Waals surface area contributed by atoms with Gasteiger partial charge in [-0.1, -0.05) is 24.3 Å². The summed E-state index contributed by atoms with van der Waals surface area (Å²) in [6, 6.07) is 6.80. The van der Waals surface area contributed by atoms with Crippen LogP contribution in [0.15, 0.2) is 41.5 Å². The zero-order valence-electron chi connectivity index (χ0n) is 9.39. The van der Waals surface area contributed by atoms with E-state index >= 15 is 0 Å². The fraction of sp³-hybridized carbons (Fsp3) is 0.231. The van der Waals surface area contributed by atoms with Gasteiger partial charge in [-0.25, -0.2) is 5.43 Å². The Morgan fingerprint density at radius 1 is 1.47 bits per heavy atom. The zero-order chi connectivity index (χ0) is 12.3. The summed E-state index contributed by atoms with van der Waals surface area (Å²) in [4.78, 5) is 11.5. The van der Waals surface area contributed by atoms with E-state index in [1.807, 2.05) is 0 Å². The van der Waals surface area contributed by atoms with Crippen LogP contribution in [0.25, 0.3) is 0 Å². The first-order chi connectivity index (χ1) is 8.16. The smallest absolute Gasteiger partial charge is 0.243 e. The van der Waals surface area contributed by atoms with Gasteiger partial charge in [-0.15, -0.1) is 0 Å². The van der Waals surface area contributed by atoms with E-state index in [0.717, 1.165) is 18.4 Å². The normalized spacial score (nSPS) is 15.9. The maximum atomic E-state index is 11.5. The fourth-order valence-corrected chi connectivity index (χ4v) is 1.68. The second-order valence-corrected chi connectivity index (χ2v) is 4.15. The molecule has 0 bridgehead atoms. The summed E-state index contributed by atoms with van der Waals surface area (Å²) in [6.45, 7) is 3.78. The predicted octanol–water partition coefficient (Wildman–Crippen LogP) is 1.81. The molecule has 0 spiro atoms. The molecule has 1 fully saturated rings. The summed E-state index contributed by atoms with van der Waals surface area (Å²) in [6.07, 6.45) is 2.93. The van der Waals surface area contributed by atoms with Crippen LogP contribution < -0.4 is 5.43 Å². The number of allylic oxidation sites excluding steroid dienone is 1. The lowest BCUT2D eigenvalue weighted by molar-refractivity contribution is -0.126. The average Bonchev–Trinajstić information content (AvgIpc) is 2.27. The van der Waals surface area contributed by atoms with Crippen molar-refractivity contribution >= 4 is 12.1 Å². The molecule has 2 rings (SSSR count). The van der Waals surface area contributed by atoms with Crippen molar-refractivity contribution in [3.63, 3.8) is 0 Å². The standard InChI is InChI=1S/C13H14N2O2/c1-9-6-11(7-9)13(17)15-14-8-10-4-2-3-5-12(10)16/h2-5,8,11,16H,1,6-7H2,(H,15,17)/b14-8-. The third kappa shape index (κ3) is 2.72. The lowest BCUT2D eigenvalue weighted by atomic mass is 9.81. The Labute approximate surface area is 99.7 Å². The molecule has 2 N–H and O–H groups in total. The maximum Gasteiger partial charge on any atom is 0.243 e. The number of phenolic OH excluding ortho intramolecular Hbond substituents is 1. The lowest BCUT2D eigenvalue weighted by Gasteiger charge is -2.25. The van der Waals surface area contributed by atoms with Crippen LogP contribution in [0.5, 0.6) is 5.75 Å². The largest absolute Gasteiger partial charge is 0.507 e. The van der Waals surface area contributed by atoms with Gasteiger partial charge in [-0.3, -0.25) is 4.79 Å². The van der Waals surface area contributed by atoms with Gasteiger partial charge in [0.2, 0.25) is 5.91 Å². The van der Waals surface area contributed by atoms with Crippen LogP contribution in [0.1, 0.15) is 18.4 Å². The number of para-hydroxylation sites is 1. The van der Waals surface area contributed by atoms with E-state index in [1.54, 1.807) is 24.3 Å². The molecule has 0 saturated heterocycles. The van der Waals surface area contributed by atoms with Gasteiger partial charge in [0, 0.05) is 11.5 Å². The molecule has 4 nitrogen and oxygen atoms in total. The number of amides is 1. The molecule has 1 saturated carbocycles. The highest BCUT2D eigenvalue weighted by Gasteiger charge is 2.27. The highest BCUT2D eigenvalue weighted by Crippen LogP contribution is 2.31. The number of phenols is 1. The first-order valence-electron chi connectivity index (χ1n) is 5.44. The monoisotopic (exact) mass is 230 g/mol. The molecule has 88 valence electrons. The van der Waals surface area contributed by atoms with Gasteiger partial charge in [0.15, 0.2) is 0 Å². The van der Waals surface area contributed by atoms with Crippen molar-refractivity contribution in [2.45, 2.75) is 12.8 Å². The number of nitrogens with zero attached hydrogens (tertiary/aromatic N) is 1. The number of rotatable bonds is 3. The number of aromatic hydroxyl groups is 1. The molecule has 0 aromatic heterocycles. The van der Waals surface area contributed by atoms with Gasteiger partial charge in [-0.05, 0) is 25.0 Å². The Hall–Kier alpha value is -2.10. The lowest BCUT2D eigenvalue weighted by Crippen LogP contribution is -2.32. The molecule has 17 heavy (non-hydrogen) atoms. The minimum Gasteiger partial charge on any atom is -0.507 e. The minimum atomic E-state index is -0.0935. The molecular formula is C13H14N2O2. The highest BCUT2D eigenvalue weighted by molar-refractivity contribution is 5.86. The first-order valence-corrected chi connectivity index (χ1v) is 5.44. The van der Waals surface area contributed by atoms with Gasteiger partial charge in [0.25, 0.3) is 0 Å². The fourth-order valence-electron chi connectivity index (χ4n) is 1.68. The van der Waals surface area contributed by atoms with Crippen molar-refractivity contribution in [2.75, 3.05) is 0 Å². The number of carbonyl (C=O) groups excluding carboxylic acids is 1. The van der Waals surface area contributed by atoms with Crippen LogP contribution in [0.3, 0.4) is 0 Å². The molecular weight excluding hydrogens is 216 g/mol. The maximum absolute atomic E-state index is 11.5. The third-order valence-electron chi connectivity index (χ3n) is 2.76. The molecule has 0 aliphatic heterocycles. The van der Waals surface area contributed by atoms with Crippen molar-refractivity contribution in [3.8, 4) is 5.75 Å². The average molecular weight is 230 g/mol. The van der Waals surface area contributed by atoms with E-state index in [0.29, 0.717) is 5.56 Å². The zero-order valence-corrected chi connectivity index (χ0v) is 9.39. The van der Waals surface area contributed by atoms with Gasteiger partial charge >= 0.3 is 0 Å². The first kappa shape index (κ1) is 11.4. The van der Waals surface area contributed by atoms with Gasteiger partial charge in [0.1, 0.15) is 5.75 Å². The number of carbonyl (C=O) groups is 1. The molecule has 0 heterocycles. The van der Waals surface area contributed by atoms with Crippen LogP contribution in [0.4, 0.5) is 0 Å². The highest BCUT2D eigenvalue weighted by atomic mass is 16.3. The van der Waals surface area contributed by atoms with E-state index < -0.39 is 0 Å². The molecule has 4 heteroatoms. The molecule has 1 aromatic carbocycles. The third-order valence-corrected chi connectivity index (χ3v) is 2.76. The van der Waals surface area contributed by atoms with Crippen LogP contribution in [0.2, 0.25) is 0 Å². The number of hydrogen-bond donors (Lipinski definition) is 2. The molecule has 0 radical (unpaired) electrons. The number of benzene rings is 1. The van der Waals surface area contributed by atoms with E-state index in [2.05, 4.69) is 17.1 Å². The van der Waals surface area contributed by atoms with E-state index in [-0.39, 0.29) is 17.6 Å². The van der Waals surface area contributed by atoms with Crippen molar-refractivity contribution in [1.29, 1.82) is 0 Å². The van der Waals surface area contributed by atoms with Gasteiger partial charge in [-0.2, -0.15) is 5.10 Å². The van der Waals surface area contributed by atoms with Crippen LogP contribution in [-0.2, 0) is 4.79 Å². The number of hydrazone groups is 1. The number of hydrogen-bond acceptors (Lipinski definition) is 3. The second kappa shape index (κ2) is 4.82. The Morgan fingerprint density at radius 2 is 2.18 bits per heavy atom. The quantitative estimate of drug-likeness (QED) is 0.472. The minimum absolute atomic E-state index is 0.00372. The summed E-state index contributed by atoms with van der Waals surface area (Å²) < 4.78 is 0. The SMILES string of the molecule is C=C1CC(C(=O)N/N=C\c2ccccc2O)C1. The topological polar surface area (TPSA) is 61.7 Å². The van der Waals surface area contributed by atoms with Crippen LogP contribution in [-0.4, -0.2) is 17.2 Å². The Bertz CT molecular complexity index is 472. The summed E-state index contributed by atoms with van der Waals surface area (Å²) >= 11 is 0. The molecule has 1 aromatic rings. The van der Waals surface area contributed by atoms with E-state index in [9.17, 15) is 9.90 Å². The molecule has 0 unspecified atom stereocenters. The molecule has 1 aliphatic rings. The van der Waals surface area contributed by atoms with Crippen molar-refractivity contribution in [3.05, 3.63) is 42.0 Å². The van der Waals surface area contributed by atoms with Gasteiger partial charge < -0.3 is 5.11 Å². The molecule has 1 aliphatic carbocycles.